The highest BCUT2D eigenvalue weighted by molar-refractivity contribution is 6.11. The molecule has 0 saturated carbocycles. The van der Waals surface area contributed by atoms with Crippen LogP contribution in [-0.4, -0.2) is 9.97 Å². The van der Waals surface area contributed by atoms with Gasteiger partial charge in [0.05, 0.1) is 11.4 Å². The Balaban J connectivity index is 1.04. The Morgan fingerprint density at radius 1 is 0.338 bits per heavy atom. The third kappa shape index (κ3) is 6.97. The lowest BCUT2D eigenvalue weighted by Gasteiger charge is -2.16. The van der Waals surface area contributed by atoms with Gasteiger partial charge < -0.3 is 8.83 Å². The van der Waals surface area contributed by atoms with Crippen molar-refractivity contribution in [3.8, 4) is 67.3 Å². The number of nitrogens with zero attached hydrogens (tertiary/aromatic N) is 2. The molecule has 0 bridgehead atoms. The van der Waals surface area contributed by atoms with E-state index < -0.39 is 0 Å². The van der Waals surface area contributed by atoms with Crippen molar-refractivity contribution in [1.82, 2.24) is 9.97 Å². The molecular formula is C61H42N2O2. The average Bonchev–Trinajstić information content (AvgIpc) is 3.95. The molecule has 9 aromatic carbocycles. The molecule has 0 aliphatic rings. The SMILES string of the molecule is Cc1ccccc1-c1ccccc1CCc1ccccc1-c1cc(-c2ccccc2)nc(-c2cc(-c3cccc4c3oc3ccccc34)cc(-c3cccc4c3oc3ccccc34)c2)n1. The van der Waals surface area contributed by atoms with Crippen LogP contribution >= 0.6 is 0 Å². The Bertz CT molecular complexity index is 3610. The molecule has 0 spiro atoms. The lowest BCUT2D eigenvalue weighted by molar-refractivity contribution is 0.670. The van der Waals surface area contributed by atoms with Crippen molar-refractivity contribution in [2.24, 2.45) is 0 Å². The summed E-state index contributed by atoms with van der Waals surface area (Å²) in [4.78, 5) is 10.9. The van der Waals surface area contributed by atoms with Gasteiger partial charge in [0.1, 0.15) is 22.3 Å². The standard InChI is InChI=1S/C61H42N2O2/c1-39-17-5-8-22-46(39)47-23-9-6-18-40(47)33-34-41-19-7-10-24-48(41)56-38-55(42-20-3-2-4-21-42)62-61(63-56)45-36-43(49-27-15-29-53-51-25-11-13-31-57(51)64-59(49)53)35-44(37-45)50-28-16-30-54-52-26-12-14-32-58(52)65-60(50)54/h2-32,35-38H,33-34H2,1H3. The number of fused-ring (bicyclic) bond motifs is 6. The summed E-state index contributed by atoms with van der Waals surface area (Å²) < 4.78 is 13.3. The Morgan fingerprint density at radius 2 is 0.800 bits per heavy atom. The van der Waals surface area contributed by atoms with Gasteiger partial charge in [-0.05, 0) is 95.1 Å². The van der Waals surface area contributed by atoms with Crippen LogP contribution in [0.4, 0.5) is 0 Å². The first kappa shape index (κ1) is 38.3. The summed E-state index contributed by atoms with van der Waals surface area (Å²) in [6.45, 7) is 2.19. The number of rotatable bonds is 9. The highest BCUT2D eigenvalue weighted by Crippen LogP contribution is 2.42. The molecule has 4 heteroatoms. The number of hydrogen-bond acceptors (Lipinski definition) is 4. The normalized spacial score (nSPS) is 11.6. The van der Waals surface area contributed by atoms with Gasteiger partial charge in [0.2, 0.25) is 0 Å². The molecule has 3 aromatic heterocycles. The van der Waals surface area contributed by atoms with Gasteiger partial charge in [-0.25, -0.2) is 9.97 Å². The molecule has 65 heavy (non-hydrogen) atoms. The van der Waals surface area contributed by atoms with E-state index >= 15 is 0 Å². The molecule has 0 aliphatic heterocycles. The molecule has 12 rings (SSSR count). The Labute approximate surface area is 377 Å². The van der Waals surface area contributed by atoms with Crippen LogP contribution in [0.5, 0.6) is 0 Å². The van der Waals surface area contributed by atoms with Crippen LogP contribution in [-0.2, 0) is 12.8 Å². The van der Waals surface area contributed by atoms with Crippen LogP contribution in [0, 0.1) is 6.92 Å². The van der Waals surface area contributed by atoms with Gasteiger partial charge in [-0.1, -0.05) is 176 Å². The second-order valence-corrected chi connectivity index (χ2v) is 16.8. The van der Waals surface area contributed by atoms with Crippen LogP contribution < -0.4 is 0 Å². The topological polar surface area (TPSA) is 52.1 Å². The van der Waals surface area contributed by atoms with Gasteiger partial charge in [-0.3, -0.25) is 0 Å². The summed E-state index contributed by atoms with van der Waals surface area (Å²) in [6.07, 6.45) is 1.73. The smallest absolute Gasteiger partial charge is 0.160 e. The average molecular weight is 835 g/mol. The van der Waals surface area contributed by atoms with Crippen LogP contribution in [0.2, 0.25) is 0 Å². The lowest BCUT2D eigenvalue weighted by Crippen LogP contribution is -2.00. The zero-order chi connectivity index (χ0) is 43.3. The van der Waals surface area contributed by atoms with E-state index in [0.717, 1.165) is 107 Å². The number of aryl methyl sites for hydroxylation is 3. The largest absolute Gasteiger partial charge is 0.455 e. The molecule has 3 heterocycles. The van der Waals surface area contributed by atoms with Crippen molar-refractivity contribution in [3.05, 3.63) is 229 Å². The molecule has 0 unspecified atom stereocenters. The third-order valence-corrected chi connectivity index (χ3v) is 12.8. The maximum Gasteiger partial charge on any atom is 0.160 e. The zero-order valence-electron chi connectivity index (χ0n) is 35.8. The maximum atomic E-state index is 6.65. The van der Waals surface area contributed by atoms with Crippen molar-refractivity contribution in [1.29, 1.82) is 0 Å². The van der Waals surface area contributed by atoms with Crippen molar-refractivity contribution < 1.29 is 8.83 Å². The number of hydrogen-bond donors (Lipinski definition) is 0. The van der Waals surface area contributed by atoms with E-state index in [0.29, 0.717) is 5.82 Å². The van der Waals surface area contributed by atoms with Crippen molar-refractivity contribution in [2.45, 2.75) is 19.8 Å². The predicted molar refractivity (Wildman–Crippen MR) is 268 cm³/mol. The zero-order valence-corrected chi connectivity index (χ0v) is 35.8. The van der Waals surface area contributed by atoms with Gasteiger partial charge >= 0.3 is 0 Å². The second kappa shape index (κ2) is 16.1. The van der Waals surface area contributed by atoms with Crippen molar-refractivity contribution in [2.75, 3.05) is 0 Å². The fraction of sp³-hybridized carbons (Fsp3) is 0.0492. The van der Waals surface area contributed by atoms with Crippen LogP contribution in [0.25, 0.3) is 111 Å². The number of aromatic nitrogens is 2. The molecule has 0 atom stereocenters. The molecular weight excluding hydrogens is 793 g/mol. The van der Waals surface area contributed by atoms with Crippen molar-refractivity contribution in [3.63, 3.8) is 0 Å². The highest BCUT2D eigenvalue weighted by Gasteiger charge is 2.20. The Hall–Kier alpha value is -8.34. The van der Waals surface area contributed by atoms with E-state index in [1.165, 1.54) is 27.8 Å². The van der Waals surface area contributed by atoms with E-state index in [2.05, 4.69) is 189 Å². The number of furan rings is 2. The van der Waals surface area contributed by atoms with E-state index in [9.17, 15) is 0 Å². The minimum absolute atomic E-state index is 0.637. The highest BCUT2D eigenvalue weighted by atomic mass is 16.3. The van der Waals surface area contributed by atoms with Crippen molar-refractivity contribution >= 4 is 43.9 Å². The monoisotopic (exact) mass is 834 g/mol. The molecule has 0 saturated heterocycles. The summed E-state index contributed by atoms with van der Waals surface area (Å²) in [5, 5.41) is 4.33. The molecule has 4 nitrogen and oxygen atoms in total. The second-order valence-electron chi connectivity index (χ2n) is 16.8. The Morgan fingerprint density at radius 3 is 1.43 bits per heavy atom. The summed E-state index contributed by atoms with van der Waals surface area (Å²) in [6, 6.07) is 74.7. The molecule has 12 aromatic rings. The summed E-state index contributed by atoms with van der Waals surface area (Å²) in [5.41, 5.74) is 18.5. The molecule has 0 aliphatic carbocycles. The van der Waals surface area contributed by atoms with Crippen LogP contribution in [0.15, 0.2) is 221 Å². The Kier molecular flexibility index (Phi) is 9.49. The van der Waals surface area contributed by atoms with Gasteiger partial charge in [-0.2, -0.15) is 0 Å². The summed E-state index contributed by atoms with van der Waals surface area (Å²) >= 11 is 0. The van der Waals surface area contributed by atoms with Crippen LogP contribution in [0.1, 0.15) is 16.7 Å². The fourth-order valence-corrected chi connectivity index (χ4v) is 9.62. The first-order valence-electron chi connectivity index (χ1n) is 22.3. The van der Waals surface area contributed by atoms with Gasteiger partial charge in [0.15, 0.2) is 5.82 Å². The third-order valence-electron chi connectivity index (χ3n) is 12.8. The molecule has 308 valence electrons. The molecule has 0 radical (unpaired) electrons. The molecule has 0 fully saturated rings. The fourth-order valence-electron chi connectivity index (χ4n) is 9.62. The summed E-state index contributed by atoms with van der Waals surface area (Å²) in [5.74, 6) is 0.637. The minimum Gasteiger partial charge on any atom is -0.455 e. The number of benzene rings is 9. The summed E-state index contributed by atoms with van der Waals surface area (Å²) in [7, 11) is 0. The lowest BCUT2D eigenvalue weighted by atomic mass is 9.91. The molecule has 0 amide bonds. The maximum absolute atomic E-state index is 6.65. The van der Waals surface area contributed by atoms with Gasteiger partial charge in [-0.15, -0.1) is 0 Å². The number of para-hydroxylation sites is 4. The van der Waals surface area contributed by atoms with E-state index in [1.54, 1.807) is 0 Å². The first-order chi connectivity index (χ1) is 32.1. The van der Waals surface area contributed by atoms with Gasteiger partial charge in [0, 0.05) is 49.4 Å². The minimum atomic E-state index is 0.637. The van der Waals surface area contributed by atoms with Crippen LogP contribution in [0.3, 0.4) is 0 Å². The molecule has 0 N–H and O–H groups in total. The van der Waals surface area contributed by atoms with E-state index in [1.807, 2.05) is 30.3 Å². The van der Waals surface area contributed by atoms with Gasteiger partial charge in [0.25, 0.3) is 0 Å². The van der Waals surface area contributed by atoms with E-state index in [-0.39, 0.29) is 0 Å². The first-order valence-corrected chi connectivity index (χ1v) is 22.3. The predicted octanol–water partition coefficient (Wildman–Crippen LogP) is 16.4. The van der Waals surface area contributed by atoms with E-state index in [4.69, 9.17) is 18.8 Å². The quantitative estimate of drug-likeness (QED) is 0.145.